The molecule has 1 amide bonds. The molecule has 11 heteroatoms. The van der Waals surface area contributed by atoms with Crippen molar-refractivity contribution < 1.29 is 17.6 Å². The first-order valence-electron chi connectivity index (χ1n) is 8.12. The summed E-state index contributed by atoms with van der Waals surface area (Å²) in [4.78, 5) is 13.3. The zero-order valence-electron chi connectivity index (χ0n) is 15.3. The van der Waals surface area contributed by atoms with E-state index in [2.05, 4.69) is 20.2 Å². The molecule has 0 bridgehead atoms. The van der Waals surface area contributed by atoms with Gasteiger partial charge >= 0.3 is 0 Å². The fraction of sp³-hybridized carbons (Fsp3) is 0.235. The third kappa shape index (κ3) is 5.19. The summed E-state index contributed by atoms with van der Waals surface area (Å²) in [6, 6.07) is 9.79. The molecule has 3 aromatic rings. The number of para-hydroxylation sites is 1. The van der Waals surface area contributed by atoms with Gasteiger partial charge in [0.25, 0.3) is 15.9 Å². The molecule has 28 heavy (non-hydrogen) atoms. The number of nitrogens with zero attached hydrogens (tertiary/aromatic N) is 2. The number of nitrogens with one attached hydrogen (secondary N) is 2. The highest BCUT2D eigenvalue weighted by atomic mass is 32.2. The van der Waals surface area contributed by atoms with Crippen molar-refractivity contribution in [2.75, 3.05) is 5.32 Å². The van der Waals surface area contributed by atoms with E-state index in [0.717, 1.165) is 9.24 Å². The van der Waals surface area contributed by atoms with Crippen molar-refractivity contribution in [3.63, 3.8) is 0 Å². The molecule has 3 rings (SSSR count). The van der Waals surface area contributed by atoms with Crippen LogP contribution in [0.5, 0.6) is 0 Å². The average molecular weight is 439 g/mol. The van der Waals surface area contributed by atoms with Crippen molar-refractivity contribution in [3.8, 4) is 0 Å². The first-order valence-corrected chi connectivity index (χ1v) is 11.3. The maximum Gasteiger partial charge on any atom is 0.291 e. The molecule has 0 fully saturated rings. The van der Waals surface area contributed by atoms with E-state index in [1.54, 1.807) is 38.4 Å². The quantitative estimate of drug-likeness (QED) is 0.604. The Morgan fingerprint density at radius 1 is 1.18 bits per heavy atom. The second-order valence-corrected chi connectivity index (χ2v) is 10.5. The lowest BCUT2D eigenvalue weighted by Crippen LogP contribution is -2.40. The standard InChI is InChI=1S/C17H18N4O4S3/c1-17(2,3)21-28(23,24)14-9-8-12(25-14)15(22)19-11-6-4-5-7-13(11)27-16-20-18-10-26-16/h4-10,21H,1-3H3,(H,19,22). The first kappa shape index (κ1) is 20.5. The van der Waals surface area contributed by atoms with Gasteiger partial charge in [0.15, 0.2) is 10.1 Å². The summed E-state index contributed by atoms with van der Waals surface area (Å²) in [6.07, 6.45) is 0. The lowest BCUT2D eigenvalue weighted by Gasteiger charge is -2.18. The Balaban J connectivity index is 1.77. The van der Waals surface area contributed by atoms with Gasteiger partial charge < -0.3 is 9.73 Å². The maximum absolute atomic E-state index is 12.5. The van der Waals surface area contributed by atoms with Crippen LogP contribution in [0.25, 0.3) is 0 Å². The molecular formula is C17H18N4O4S3. The molecule has 0 saturated carbocycles. The summed E-state index contributed by atoms with van der Waals surface area (Å²) in [5.74, 6) is -0.660. The Kier molecular flexibility index (Phi) is 5.89. The zero-order valence-corrected chi connectivity index (χ0v) is 17.7. The summed E-state index contributed by atoms with van der Waals surface area (Å²) in [5.41, 5.74) is 1.51. The van der Waals surface area contributed by atoms with Crippen molar-refractivity contribution in [2.24, 2.45) is 0 Å². The van der Waals surface area contributed by atoms with E-state index in [9.17, 15) is 13.2 Å². The fourth-order valence-electron chi connectivity index (χ4n) is 2.18. The number of amides is 1. The molecule has 0 radical (unpaired) electrons. The van der Waals surface area contributed by atoms with Crippen LogP contribution in [0.15, 0.2) is 60.7 Å². The van der Waals surface area contributed by atoms with Gasteiger partial charge in [-0.1, -0.05) is 35.2 Å². The maximum atomic E-state index is 12.5. The van der Waals surface area contributed by atoms with Gasteiger partial charge in [-0.2, -0.15) is 0 Å². The summed E-state index contributed by atoms with van der Waals surface area (Å²) in [6.45, 7) is 5.15. The first-order chi connectivity index (χ1) is 13.1. The van der Waals surface area contributed by atoms with E-state index < -0.39 is 21.5 Å². The van der Waals surface area contributed by atoms with Crippen LogP contribution in [-0.4, -0.2) is 30.1 Å². The van der Waals surface area contributed by atoms with Gasteiger partial charge in [-0.3, -0.25) is 4.79 Å². The van der Waals surface area contributed by atoms with Crippen LogP contribution >= 0.6 is 23.1 Å². The highest BCUT2D eigenvalue weighted by Crippen LogP contribution is 2.34. The van der Waals surface area contributed by atoms with Crippen LogP contribution in [0.1, 0.15) is 31.3 Å². The Morgan fingerprint density at radius 2 is 1.93 bits per heavy atom. The average Bonchev–Trinajstić information content (AvgIpc) is 3.26. The van der Waals surface area contributed by atoms with E-state index in [1.165, 1.54) is 35.2 Å². The highest BCUT2D eigenvalue weighted by Gasteiger charge is 2.26. The van der Waals surface area contributed by atoms with E-state index in [0.29, 0.717) is 5.69 Å². The summed E-state index contributed by atoms with van der Waals surface area (Å²) in [7, 11) is -3.86. The third-order valence-electron chi connectivity index (χ3n) is 3.18. The monoisotopic (exact) mass is 438 g/mol. The summed E-state index contributed by atoms with van der Waals surface area (Å²) >= 11 is 2.76. The van der Waals surface area contributed by atoms with Gasteiger partial charge in [0.1, 0.15) is 5.51 Å². The Labute approximate surface area is 170 Å². The number of benzene rings is 1. The Bertz CT molecular complexity index is 1070. The van der Waals surface area contributed by atoms with Gasteiger partial charge in [-0.25, -0.2) is 13.1 Å². The lowest BCUT2D eigenvalue weighted by atomic mass is 10.1. The van der Waals surface area contributed by atoms with Crippen LogP contribution in [0.2, 0.25) is 0 Å². The highest BCUT2D eigenvalue weighted by molar-refractivity contribution is 8.01. The van der Waals surface area contributed by atoms with Crippen LogP contribution < -0.4 is 10.0 Å². The molecule has 0 aliphatic carbocycles. The smallest absolute Gasteiger partial charge is 0.291 e. The molecule has 2 N–H and O–H groups in total. The van der Waals surface area contributed by atoms with Gasteiger partial charge in [-0.15, -0.1) is 10.2 Å². The molecule has 1 aromatic carbocycles. The molecule has 0 aliphatic heterocycles. The molecule has 148 valence electrons. The topological polar surface area (TPSA) is 114 Å². The van der Waals surface area contributed by atoms with Crippen molar-refractivity contribution in [1.82, 2.24) is 14.9 Å². The summed E-state index contributed by atoms with van der Waals surface area (Å²) in [5, 5.41) is 10.2. The van der Waals surface area contributed by atoms with Gasteiger partial charge in [0.2, 0.25) is 5.09 Å². The number of furan rings is 1. The number of anilines is 1. The Morgan fingerprint density at radius 3 is 2.61 bits per heavy atom. The van der Waals surface area contributed by atoms with Gasteiger partial charge in [-0.05, 0) is 45.0 Å². The number of carbonyl (C=O) groups is 1. The predicted octanol–water partition coefficient (Wildman–Crippen LogP) is 3.61. The minimum absolute atomic E-state index is 0.106. The van der Waals surface area contributed by atoms with Crippen molar-refractivity contribution >= 4 is 44.7 Å². The summed E-state index contributed by atoms with van der Waals surface area (Å²) < 4.78 is 33.1. The number of carbonyl (C=O) groups excluding carboxylic acids is 1. The second-order valence-electron chi connectivity index (χ2n) is 6.73. The second kappa shape index (κ2) is 8.03. The van der Waals surface area contributed by atoms with E-state index in [1.807, 2.05) is 12.1 Å². The molecule has 2 aromatic heterocycles. The minimum atomic E-state index is -3.86. The van der Waals surface area contributed by atoms with Crippen LogP contribution in [0.4, 0.5) is 5.69 Å². The van der Waals surface area contributed by atoms with Crippen molar-refractivity contribution in [3.05, 3.63) is 47.7 Å². The number of hydrogen-bond donors (Lipinski definition) is 2. The van der Waals surface area contributed by atoms with Crippen LogP contribution in [0.3, 0.4) is 0 Å². The fourth-order valence-corrected chi connectivity index (χ4v) is 5.06. The van der Waals surface area contributed by atoms with Crippen molar-refractivity contribution in [2.45, 2.75) is 40.6 Å². The van der Waals surface area contributed by atoms with Gasteiger partial charge in [0, 0.05) is 10.4 Å². The van der Waals surface area contributed by atoms with Crippen LogP contribution in [-0.2, 0) is 10.0 Å². The molecule has 0 unspecified atom stereocenters. The lowest BCUT2D eigenvalue weighted by molar-refractivity contribution is 0.0991. The van der Waals surface area contributed by atoms with E-state index in [-0.39, 0.29) is 10.9 Å². The molecule has 0 spiro atoms. The van der Waals surface area contributed by atoms with Crippen LogP contribution in [0, 0.1) is 0 Å². The number of aromatic nitrogens is 2. The minimum Gasteiger partial charge on any atom is -0.438 e. The van der Waals surface area contributed by atoms with E-state index >= 15 is 0 Å². The number of sulfonamides is 1. The Hall–Kier alpha value is -2.21. The number of rotatable bonds is 6. The molecule has 0 atom stereocenters. The zero-order chi connectivity index (χ0) is 20.4. The molecule has 2 heterocycles. The molecular weight excluding hydrogens is 420 g/mol. The molecule has 0 saturated heterocycles. The van der Waals surface area contributed by atoms with Gasteiger partial charge in [0.05, 0.1) is 5.69 Å². The third-order valence-corrected chi connectivity index (χ3v) is 6.67. The largest absolute Gasteiger partial charge is 0.438 e. The van der Waals surface area contributed by atoms with Crippen molar-refractivity contribution in [1.29, 1.82) is 0 Å². The SMILES string of the molecule is CC(C)(C)NS(=O)(=O)c1ccc(C(=O)Nc2ccccc2Sc2nncs2)o1. The van der Waals surface area contributed by atoms with E-state index in [4.69, 9.17) is 4.42 Å². The molecule has 8 nitrogen and oxygen atoms in total. The normalized spacial score (nSPS) is 12.1. The predicted molar refractivity (Wildman–Crippen MR) is 107 cm³/mol. The molecule has 0 aliphatic rings. The number of hydrogen-bond acceptors (Lipinski definition) is 8.